The number of benzene rings is 2. The van der Waals surface area contributed by atoms with E-state index < -0.39 is 0 Å². The fourth-order valence-electron chi connectivity index (χ4n) is 2.24. The molecule has 0 heterocycles. The van der Waals surface area contributed by atoms with Crippen molar-refractivity contribution in [3.8, 4) is 0 Å². The van der Waals surface area contributed by atoms with Crippen molar-refractivity contribution in [3.05, 3.63) is 71.3 Å². The molecular formula is C19H23NO2S. The molecule has 0 saturated carbocycles. The van der Waals surface area contributed by atoms with Crippen molar-refractivity contribution in [1.82, 2.24) is 5.32 Å². The molecule has 1 atom stereocenters. The summed E-state index contributed by atoms with van der Waals surface area (Å²) in [6.07, 6.45) is 0. The second-order valence-corrected chi connectivity index (χ2v) is 6.58. The zero-order chi connectivity index (χ0) is 16.5. The Morgan fingerprint density at radius 1 is 1.09 bits per heavy atom. The summed E-state index contributed by atoms with van der Waals surface area (Å²) in [7, 11) is 0. The summed E-state index contributed by atoms with van der Waals surface area (Å²) < 4.78 is 0. The lowest BCUT2D eigenvalue weighted by molar-refractivity contribution is -0.124. The molecule has 0 spiro atoms. The first kappa shape index (κ1) is 17.6. The summed E-state index contributed by atoms with van der Waals surface area (Å²) in [4.78, 5) is 12.2. The Morgan fingerprint density at radius 2 is 1.74 bits per heavy atom. The number of hydrogen-bond acceptors (Lipinski definition) is 3. The van der Waals surface area contributed by atoms with Gasteiger partial charge in [-0.3, -0.25) is 4.79 Å². The molecule has 4 heteroatoms. The quantitative estimate of drug-likeness (QED) is 0.781. The number of carbonyl (C=O) groups excluding carboxylic acids is 1. The van der Waals surface area contributed by atoms with E-state index in [1.54, 1.807) is 11.8 Å². The van der Waals surface area contributed by atoms with E-state index in [2.05, 4.69) is 17.4 Å². The van der Waals surface area contributed by atoms with Crippen LogP contribution in [0.1, 0.15) is 23.6 Å². The topological polar surface area (TPSA) is 49.3 Å². The molecule has 0 fully saturated rings. The van der Waals surface area contributed by atoms with Crippen molar-refractivity contribution in [2.75, 3.05) is 5.75 Å². The molecule has 0 bridgehead atoms. The normalized spacial score (nSPS) is 11.9. The van der Waals surface area contributed by atoms with Gasteiger partial charge >= 0.3 is 0 Å². The highest BCUT2D eigenvalue weighted by Gasteiger charge is 2.13. The van der Waals surface area contributed by atoms with Gasteiger partial charge in [0.15, 0.2) is 0 Å². The Bertz CT molecular complexity index is 616. The molecule has 23 heavy (non-hydrogen) atoms. The van der Waals surface area contributed by atoms with Gasteiger partial charge in [-0.15, -0.1) is 0 Å². The Labute approximate surface area is 142 Å². The first-order chi connectivity index (χ1) is 11.2. The average molecular weight is 329 g/mol. The van der Waals surface area contributed by atoms with Crippen LogP contribution < -0.4 is 5.32 Å². The van der Waals surface area contributed by atoms with Gasteiger partial charge in [0.1, 0.15) is 0 Å². The van der Waals surface area contributed by atoms with Gasteiger partial charge < -0.3 is 10.4 Å². The van der Waals surface area contributed by atoms with E-state index in [0.717, 1.165) is 22.6 Å². The lowest BCUT2D eigenvalue weighted by Gasteiger charge is -2.13. The third-order valence-corrected chi connectivity index (χ3v) is 4.94. The van der Waals surface area contributed by atoms with Crippen LogP contribution >= 0.6 is 11.8 Å². The molecule has 2 aromatic rings. The number of aliphatic hydroxyl groups is 1. The largest absolute Gasteiger partial charge is 0.392 e. The first-order valence-electron chi connectivity index (χ1n) is 7.77. The van der Waals surface area contributed by atoms with Crippen LogP contribution in [0, 0.1) is 5.92 Å². The average Bonchev–Trinajstić information content (AvgIpc) is 2.60. The van der Waals surface area contributed by atoms with E-state index in [9.17, 15) is 9.90 Å². The van der Waals surface area contributed by atoms with Crippen molar-refractivity contribution in [2.24, 2.45) is 5.92 Å². The van der Waals surface area contributed by atoms with Crippen LogP contribution in [-0.4, -0.2) is 16.8 Å². The number of carbonyl (C=O) groups is 1. The minimum absolute atomic E-state index is 0.00543. The molecule has 0 saturated heterocycles. The van der Waals surface area contributed by atoms with Crippen molar-refractivity contribution in [1.29, 1.82) is 0 Å². The Kier molecular flexibility index (Phi) is 7.17. The molecule has 2 N–H and O–H groups in total. The van der Waals surface area contributed by atoms with E-state index >= 15 is 0 Å². The van der Waals surface area contributed by atoms with Crippen molar-refractivity contribution in [3.63, 3.8) is 0 Å². The van der Waals surface area contributed by atoms with Crippen LogP contribution in [0.15, 0.2) is 54.6 Å². The minimum Gasteiger partial charge on any atom is -0.392 e. The summed E-state index contributed by atoms with van der Waals surface area (Å²) in [5.41, 5.74) is 3.10. The maximum atomic E-state index is 12.2. The molecule has 3 nitrogen and oxygen atoms in total. The molecule has 0 aliphatic rings. The first-order valence-corrected chi connectivity index (χ1v) is 8.93. The highest BCUT2D eigenvalue weighted by Crippen LogP contribution is 2.16. The Balaban J connectivity index is 1.74. The Hall–Kier alpha value is -1.78. The molecule has 0 aliphatic carbocycles. The van der Waals surface area contributed by atoms with Crippen LogP contribution in [0.2, 0.25) is 0 Å². The van der Waals surface area contributed by atoms with Crippen LogP contribution in [-0.2, 0) is 23.7 Å². The Morgan fingerprint density at radius 3 is 2.43 bits per heavy atom. The second-order valence-electron chi connectivity index (χ2n) is 5.55. The van der Waals surface area contributed by atoms with Gasteiger partial charge in [0.25, 0.3) is 0 Å². The maximum Gasteiger partial charge on any atom is 0.223 e. The van der Waals surface area contributed by atoms with Gasteiger partial charge in [-0.2, -0.15) is 11.8 Å². The summed E-state index contributed by atoms with van der Waals surface area (Å²) >= 11 is 1.77. The number of amides is 1. The van der Waals surface area contributed by atoms with Crippen LogP contribution in [0.5, 0.6) is 0 Å². The monoisotopic (exact) mass is 329 g/mol. The van der Waals surface area contributed by atoms with Crippen molar-refractivity contribution < 1.29 is 9.90 Å². The molecule has 2 rings (SSSR count). The van der Waals surface area contributed by atoms with Gasteiger partial charge in [0.05, 0.1) is 6.61 Å². The molecule has 1 unspecified atom stereocenters. The van der Waals surface area contributed by atoms with Gasteiger partial charge in [-0.1, -0.05) is 61.5 Å². The van der Waals surface area contributed by atoms with Gasteiger partial charge in [-0.25, -0.2) is 0 Å². The van der Waals surface area contributed by atoms with Gasteiger partial charge in [0, 0.05) is 24.0 Å². The fraction of sp³-hybridized carbons (Fsp3) is 0.316. The van der Waals surface area contributed by atoms with E-state index in [4.69, 9.17) is 0 Å². The molecule has 1 amide bonds. The number of aliphatic hydroxyl groups excluding tert-OH is 1. The summed E-state index contributed by atoms with van der Waals surface area (Å²) in [5, 5.41) is 12.3. The molecule has 0 aliphatic heterocycles. The highest BCUT2D eigenvalue weighted by atomic mass is 32.2. The third-order valence-electron chi connectivity index (χ3n) is 3.67. The van der Waals surface area contributed by atoms with E-state index in [1.807, 2.05) is 49.4 Å². The third kappa shape index (κ3) is 5.73. The molecule has 0 aromatic heterocycles. The lowest BCUT2D eigenvalue weighted by atomic mass is 10.1. The summed E-state index contributed by atoms with van der Waals surface area (Å²) in [6.45, 7) is 2.41. The van der Waals surface area contributed by atoms with Crippen LogP contribution in [0.25, 0.3) is 0 Å². The second kappa shape index (κ2) is 9.38. The minimum atomic E-state index is -0.0370. The SMILES string of the molecule is CC(CSCc1ccccc1)C(=O)NCc1ccccc1CO. The van der Waals surface area contributed by atoms with Gasteiger partial charge in [0.2, 0.25) is 5.91 Å². The van der Waals surface area contributed by atoms with E-state index in [0.29, 0.717) is 6.54 Å². The fourth-order valence-corrected chi connectivity index (χ4v) is 3.30. The standard InChI is InChI=1S/C19H23NO2S/c1-15(13-23-14-16-7-3-2-4-8-16)19(22)20-11-17-9-5-6-10-18(17)12-21/h2-10,15,21H,11-14H2,1H3,(H,20,22). The lowest BCUT2D eigenvalue weighted by Crippen LogP contribution is -2.30. The smallest absolute Gasteiger partial charge is 0.223 e. The van der Waals surface area contributed by atoms with Crippen LogP contribution in [0.3, 0.4) is 0 Å². The number of rotatable bonds is 8. The van der Waals surface area contributed by atoms with E-state index in [1.165, 1.54) is 5.56 Å². The molecular weight excluding hydrogens is 306 g/mol. The molecule has 122 valence electrons. The summed E-state index contributed by atoms with van der Waals surface area (Å²) in [5.74, 6) is 1.73. The van der Waals surface area contributed by atoms with Crippen molar-refractivity contribution >= 4 is 17.7 Å². The zero-order valence-corrected chi connectivity index (χ0v) is 14.2. The predicted octanol–water partition coefficient (Wildman–Crippen LogP) is 3.36. The number of nitrogens with one attached hydrogen (secondary N) is 1. The number of hydrogen-bond donors (Lipinski definition) is 2. The maximum absolute atomic E-state index is 12.2. The predicted molar refractivity (Wildman–Crippen MR) is 96.0 cm³/mol. The zero-order valence-electron chi connectivity index (χ0n) is 13.4. The molecule has 0 radical (unpaired) electrons. The van der Waals surface area contributed by atoms with Crippen LogP contribution in [0.4, 0.5) is 0 Å². The molecule has 2 aromatic carbocycles. The van der Waals surface area contributed by atoms with Crippen molar-refractivity contribution in [2.45, 2.75) is 25.8 Å². The number of thioether (sulfide) groups is 1. The van der Waals surface area contributed by atoms with E-state index in [-0.39, 0.29) is 18.4 Å². The van der Waals surface area contributed by atoms with Gasteiger partial charge in [-0.05, 0) is 16.7 Å². The summed E-state index contributed by atoms with van der Waals surface area (Å²) in [6, 6.07) is 17.9. The highest BCUT2D eigenvalue weighted by molar-refractivity contribution is 7.98.